The molecule has 0 amide bonds. The molecule has 3 aromatic rings. The van der Waals surface area contributed by atoms with Crippen LogP contribution in [-0.4, -0.2) is 48.7 Å². The largest absolute Gasteiger partial charge is 0.456 e. The molecule has 2 fully saturated rings. The van der Waals surface area contributed by atoms with E-state index in [1.165, 1.54) is 6.92 Å². The molecule has 0 aromatic heterocycles. The Morgan fingerprint density at radius 3 is 1.76 bits per heavy atom. The van der Waals surface area contributed by atoms with Crippen LogP contribution in [-0.2, 0) is 38.9 Å². The van der Waals surface area contributed by atoms with Crippen LogP contribution < -0.4 is 0 Å². The number of Topliss-reactive ketones (excluding diaryl/α,β-unsaturated/α-hetero) is 1. The van der Waals surface area contributed by atoms with Crippen LogP contribution >= 0.6 is 0 Å². The molecule has 5 rings (SSSR count). The molecule has 0 aliphatic carbocycles. The van der Waals surface area contributed by atoms with E-state index in [1.807, 2.05) is 91.0 Å². The first kappa shape index (κ1) is 25.3. The molecule has 0 radical (unpaired) electrons. The van der Waals surface area contributed by atoms with Gasteiger partial charge < -0.3 is 23.7 Å². The van der Waals surface area contributed by atoms with Crippen LogP contribution in [0.15, 0.2) is 91.0 Å². The molecule has 2 aliphatic heterocycles. The molecule has 0 spiro atoms. The van der Waals surface area contributed by atoms with Gasteiger partial charge in [-0.15, -0.1) is 0 Å². The zero-order valence-corrected chi connectivity index (χ0v) is 21.0. The Labute approximate surface area is 216 Å². The summed E-state index contributed by atoms with van der Waals surface area (Å²) in [6.07, 6.45) is -3.57. The van der Waals surface area contributed by atoms with Gasteiger partial charge in [0.05, 0.1) is 0 Å². The molecule has 0 saturated carbocycles. The average Bonchev–Trinajstić information content (AvgIpc) is 3.38. The van der Waals surface area contributed by atoms with Gasteiger partial charge in [-0.05, 0) is 30.5 Å². The summed E-state index contributed by atoms with van der Waals surface area (Å²) in [7, 11) is 0. The zero-order valence-electron chi connectivity index (χ0n) is 21.0. The summed E-state index contributed by atoms with van der Waals surface area (Å²) in [6, 6.07) is 29.3. The van der Waals surface area contributed by atoms with E-state index in [9.17, 15) is 9.59 Å². The molecule has 4 atom stereocenters. The second-order valence-electron chi connectivity index (χ2n) is 9.63. The molecule has 3 aromatic carbocycles. The second kappa shape index (κ2) is 10.2. The van der Waals surface area contributed by atoms with E-state index >= 15 is 0 Å². The molecule has 0 N–H and O–H groups in total. The predicted molar refractivity (Wildman–Crippen MR) is 134 cm³/mol. The van der Waals surface area contributed by atoms with Crippen molar-refractivity contribution >= 4 is 11.8 Å². The molecular formula is C30H30O7. The van der Waals surface area contributed by atoms with Gasteiger partial charge in [0.2, 0.25) is 0 Å². The molecule has 2 aliphatic rings. The maximum Gasteiger partial charge on any atom is 0.303 e. The average molecular weight is 503 g/mol. The van der Waals surface area contributed by atoms with E-state index in [2.05, 4.69) is 0 Å². The maximum absolute atomic E-state index is 13.6. The second-order valence-corrected chi connectivity index (χ2v) is 9.63. The Kier molecular flexibility index (Phi) is 6.96. The van der Waals surface area contributed by atoms with Gasteiger partial charge in [-0.25, -0.2) is 0 Å². The number of rotatable bonds is 8. The lowest BCUT2D eigenvalue weighted by Gasteiger charge is -2.36. The lowest BCUT2D eigenvalue weighted by molar-refractivity contribution is -0.218. The number of carbonyl (C=O) groups is 2. The van der Waals surface area contributed by atoms with Gasteiger partial charge in [-0.2, -0.15) is 0 Å². The van der Waals surface area contributed by atoms with Crippen LogP contribution in [0, 0.1) is 0 Å². The minimum absolute atomic E-state index is 0.302. The molecule has 7 nitrogen and oxygen atoms in total. The van der Waals surface area contributed by atoms with Crippen molar-refractivity contribution in [3.8, 4) is 0 Å². The van der Waals surface area contributed by atoms with Crippen molar-refractivity contribution in [3.63, 3.8) is 0 Å². The molecule has 7 heteroatoms. The van der Waals surface area contributed by atoms with Crippen molar-refractivity contribution in [3.05, 3.63) is 108 Å². The third-order valence-electron chi connectivity index (χ3n) is 6.58. The smallest absolute Gasteiger partial charge is 0.303 e. The summed E-state index contributed by atoms with van der Waals surface area (Å²) in [4.78, 5) is 25.5. The van der Waals surface area contributed by atoms with Crippen molar-refractivity contribution in [1.29, 1.82) is 0 Å². The highest BCUT2D eigenvalue weighted by Crippen LogP contribution is 2.42. The van der Waals surface area contributed by atoms with Crippen LogP contribution in [0.2, 0.25) is 0 Å². The number of hydrogen-bond acceptors (Lipinski definition) is 7. The van der Waals surface area contributed by atoms with E-state index in [0.717, 1.165) is 16.7 Å². The van der Waals surface area contributed by atoms with Gasteiger partial charge in [0.1, 0.15) is 12.2 Å². The van der Waals surface area contributed by atoms with E-state index in [-0.39, 0.29) is 12.4 Å². The Balaban J connectivity index is 1.49. The Bertz CT molecular complexity index is 1130. The molecular weight excluding hydrogens is 472 g/mol. The van der Waals surface area contributed by atoms with Gasteiger partial charge in [0.25, 0.3) is 0 Å². The van der Waals surface area contributed by atoms with Crippen LogP contribution in [0.25, 0.3) is 0 Å². The first-order valence-electron chi connectivity index (χ1n) is 12.3. The number of fused-ring (bicyclic) bond motifs is 1. The van der Waals surface area contributed by atoms with Crippen LogP contribution in [0.5, 0.6) is 0 Å². The minimum atomic E-state index is -1.09. The third kappa shape index (κ3) is 4.95. The van der Waals surface area contributed by atoms with Crippen molar-refractivity contribution in [2.24, 2.45) is 0 Å². The first-order chi connectivity index (χ1) is 17.8. The summed E-state index contributed by atoms with van der Waals surface area (Å²) in [5.41, 5.74) is 1.54. The Morgan fingerprint density at radius 1 is 0.811 bits per heavy atom. The first-order valence-corrected chi connectivity index (χ1v) is 12.3. The van der Waals surface area contributed by atoms with E-state index < -0.39 is 42.0 Å². The minimum Gasteiger partial charge on any atom is -0.456 e. The Hall–Kier alpha value is -3.36. The number of ketones is 1. The predicted octanol–water partition coefficient (Wildman–Crippen LogP) is 4.37. The standard InChI is InChI=1S/C30H30O7/c1-20(31)34-26-25(35-28-27(26)36-29(2,3)37-28)24(32)19-33-30(21-13-7-4-8-14-21,22-15-9-5-10-16-22)23-17-11-6-12-18-23/h4-18,25-28H,19H2,1-3H3/t25-,26+,27+,28+/m0/s1. The van der Waals surface area contributed by atoms with E-state index in [1.54, 1.807) is 13.8 Å². The molecule has 2 heterocycles. The molecule has 0 unspecified atom stereocenters. The Morgan fingerprint density at radius 2 is 1.30 bits per heavy atom. The van der Waals surface area contributed by atoms with Crippen molar-refractivity contribution < 1.29 is 33.3 Å². The van der Waals surface area contributed by atoms with Crippen LogP contribution in [0.1, 0.15) is 37.5 Å². The summed E-state index contributed by atoms with van der Waals surface area (Å²) < 4.78 is 29.7. The summed E-state index contributed by atoms with van der Waals surface area (Å²) in [6.45, 7) is 4.47. The van der Waals surface area contributed by atoms with Crippen LogP contribution in [0.3, 0.4) is 0 Å². The summed E-state index contributed by atoms with van der Waals surface area (Å²) >= 11 is 0. The lowest BCUT2D eigenvalue weighted by Crippen LogP contribution is -2.44. The highest BCUT2D eigenvalue weighted by atomic mass is 16.8. The highest BCUT2D eigenvalue weighted by Gasteiger charge is 2.58. The summed E-state index contributed by atoms with van der Waals surface area (Å²) in [5, 5.41) is 0. The van der Waals surface area contributed by atoms with Gasteiger partial charge in [0.15, 0.2) is 36.2 Å². The monoisotopic (exact) mass is 502 g/mol. The van der Waals surface area contributed by atoms with Gasteiger partial charge in [-0.3, -0.25) is 9.59 Å². The van der Waals surface area contributed by atoms with Crippen molar-refractivity contribution in [2.45, 2.75) is 56.8 Å². The quantitative estimate of drug-likeness (QED) is 0.334. The van der Waals surface area contributed by atoms with Crippen molar-refractivity contribution in [1.82, 2.24) is 0 Å². The fraction of sp³-hybridized carbons (Fsp3) is 0.333. The van der Waals surface area contributed by atoms with Gasteiger partial charge in [-0.1, -0.05) is 91.0 Å². The number of carbonyl (C=O) groups excluding carboxylic acids is 2. The molecule has 2 saturated heterocycles. The SMILES string of the molecule is CC(=O)O[C@H]1[C@H]2OC(C)(C)O[C@H]2O[C@H]1C(=O)COC(c1ccccc1)(c1ccccc1)c1ccccc1. The van der Waals surface area contributed by atoms with Crippen molar-refractivity contribution in [2.75, 3.05) is 6.61 Å². The van der Waals surface area contributed by atoms with Crippen LogP contribution in [0.4, 0.5) is 0 Å². The highest BCUT2D eigenvalue weighted by molar-refractivity contribution is 5.86. The third-order valence-corrected chi connectivity index (χ3v) is 6.58. The molecule has 192 valence electrons. The van der Waals surface area contributed by atoms with Gasteiger partial charge in [0, 0.05) is 6.92 Å². The number of esters is 1. The van der Waals surface area contributed by atoms with E-state index in [4.69, 9.17) is 23.7 Å². The summed E-state index contributed by atoms with van der Waals surface area (Å²) in [5.74, 6) is -1.83. The fourth-order valence-electron chi connectivity index (χ4n) is 5.09. The maximum atomic E-state index is 13.6. The van der Waals surface area contributed by atoms with Gasteiger partial charge >= 0.3 is 5.97 Å². The molecule has 37 heavy (non-hydrogen) atoms. The topological polar surface area (TPSA) is 80.3 Å². The zero-order chi connectivity index (χ0) is 26.0. The lowest BCUT2D eigenvalue weighted by atomic mass is 9.80. The number of hydrogen-bond donors (Lipinski definition) is 0. The normalized spacial score (nSPS) is 24.4. The molecule has 0 bridgehead atoms. The fourth-order valence-corrected chi connectivity index (χ4v) is 5.09. The number of benzene rings is 3. The van der Waals surface area contributed by atoms with E-state index in [0.29, 0.717) is 0 Å². The number of ether oxygens (including phenoxy) is 5.